The lowest BCUT2D eigenvalue weighted by Gasteiger charge is -2.36. The highest BCUT2D eigenvalue weighted by atomic mass is 32.2. The maximum atomic E-state index is 11.6. The fourth-order valence-corrected chi connectivity index (χ4v) is 6.57. The summed E-state index contributed by atoms with van der Waals surface area (Å²) in [7, 11) is -1.15. The van der Waals surface area contributed by atoms with Crippen LogP contribution in [0.15, 0.2) is 35.7 Å². The van der Waals surface area contributed by atoms with E-state index in [2.05, 4.69) is 24.6 Å². The molecule has 0 aliphatic heterocycles. The summed E-state index contributed by atoms with van der Waals surface area (Å²) in [6.07, 6.45) is 9.47. The molecular formula is C29H39N5O4SSi. The number of pyridine rings is 2. The molecule has 3 heterocycles. The average molecular weight is 582 g/mol. The van der Waals surface area contributed by atoms with Gasteiger partial charge in [-0.2, -0.15) is 0 Å². The minimum Gasteiger partial charge on any atom is -0.481 e. The number of ether oxygens (including phenoxy) is 2. The predicted molar refractivity (Wildman–Crippen MR) is 158 cm³/mol. The molecule has 2 saturated carbocycles. The van der Waals surface area contributed by atoms with Crippen molar-refractivity contribution in [1.29, 1.82) is 0 Å². The number of aromatic nitrogens is 5. The van der Waals surface area contributed by atoms with E-state index < -0.39 is 19.5 Å². The van der Waals surface area contributed by atoms with Gasteiger partial charge in [-0.25, -0.2) is 14.6 Å². The summed E-state index contributed by atoms with van der Waals surface area (Å²) in [5, 5.41) is 15.8. The van der Waals surface area contributed by atoms with E-state index in [-0.39, 0.29) is 6.61 Å². The quantitative estimate of drug-likeness (QED) is 0.183. The predicted octanol–water partition coefficient (Wildman–Crippen LogP) is 6.30. The molecule has 2 fully saturated rings. The molecule has 214 valence electrons. The molecule has 0 spiro atoms. The van der Waals surface area contributed by atoms with Gasteiger partial charge in [-0.3, -0.25) is 9.78 Å². The Morgan fingerprint density at radius 1 is 1.18 bits per heavy atom. The molecule has 0 radical (unpaired) electrons. The largest absolute Gasteiger partial charge is 0.481 e. The van der Waals surface area contributed by atoms with Crippen molar-refractivity contribution >= 4 is 25.8 Å². The monoisotopic (exact) mass is 581 g/mol. The number of aliphatic carboxylic acids is 1. The Bertz CT molecular complexity index is 1330. The number of rotatable bonds is 13. The van der Waals surface area contributed by atoms with E-state index in [4.69, 9.17) is 24.5 Å². The van der Waals surface area contributed by atoms with Gasteiger partial charge in [-0.15, -0.1) is 5.10 Å². The Kier molecular flexibility index (Phi) is 8.63. The van der Waals surface area contributed by atoms with Crippen LogP contribution in [0.5, 0.6) is 5.88 Å². The van der Waals surface area contributed by atoms with Crippen molar-refractivity contribution in [3.63, 3.8) is 0 Å². The van der Waals surface area contributed by atoms with Gasteiger partial charge < -0.3 is 14.6 Å². The Balaban J connectivity index is 1.26. The van der Waals surface area contributed by atoms with Gasteiger partial charge in [0.2, 0.25) is 5.88 Å². The van der Waals surface area contributed by atoms with Crippen molar-refractivity contribution in [2.45, 2.75) is 88.3 Å². The van der Waals surface area contributed by atoms with Crippen LogP contribution >= 0.6 is 11.8 Å². The van der Waals surface area contributed by atoms with Gasteiger partial charge in [0, 0.05) is 49.5 Å². The first-order valence-corrected chi connectivity index (χ1v) is 18.7. The number of aryl methyl sites for hydroxylation is 1. The van der Waals surface area contributed by atoms with Crippen molar-refractivity contribution in [3.8, 4) is 28.5 Å². The lowest BCUT2D eigenvalue weighted by Crippen LogP contribution is -2.43. The SMILES string of the molecule is Cc1cc(OCC2(C(=O)O)CCC2)ncc1-c1ccc(-c2nc(SC3CCC3)n(COCC[Si](C)(C)C)n2)cn1. The molecule has 0 unspecified atom stereocenters. The second-order valence-electron chi connectivity index (χ2n) is 12.2. The molecule has 0 bridgehead atoms. The second kappa shape index (κ2) is 12.0. The lowest BCUT2D eigenvalue weighted by atomic mass is 9.69. The van der Waals surface area contributed by atoms with E-state index in [1.807, 2.05) is 29.8 Å². The van der Waals surface area contributed by atoms with Crippen LogP contribution in [0.3, 0.4) is 0 Å². The maximum Gasteiger partial charge on any atom is 0.313 e. The molecule has 1 N–H and O–H groups in total. The summed E-state index contributed by atoms with van der Waals surface area (Å²) in [5.41, 5.74) is 2.72. The van der Waals surface area contributed by atoms with Crippen molar-refractivity contribution in [2.75, 3.05) is 13.2 Å². The molecular weight excluding hydrogens is 543 g/mol. The summed E-state index contributed by atoms with van der Waals surface area (Å²) >= 11 is 1.80. The van der Waals surface area contributed by atoms with Crippen molar-refractivity contribution in [3.05, 3.63) is 36.2 Å². The molecule has 0 amide bonds. The minimum absolute atomic E-state index is 0.144. The van der Waals surface area contributed by atoms with E-state index in [0.717, 1.165) is 46.6 Å². The Labute approximate surface area is 241 Å². The van der Waals surface area contributed by atoms with Gasteiger partial charge in [0.25, 0.3) is 0 Å². The van der Waals surface area contributed by atoms with Crippen LogP contribution in [-0.4, -0.2) is 62.3 Å². The van der Waals surface area contributed by atoms with Gasteiger partial charge in [-0.1, -0.05) is 44.2 Å². The zero-order chi connectivity index (χ0) is 28.3. The molecule has 40 heavy (non-hydrogen) atoms. The van der Waals surface area contributed by atoms with Gasteiger partial charge in [0.05, 0.1) is 5.69 Å². The van der Waals surface area contributed by atoms with Crippen LogP contribution in [0.4, 0.5) is 0 Å². The topological polar surface area (TPSA) is 112 Å². The maximum absolute atomic E-state index is 11.6. The lowest BCUT2D eigenvalue weighted by molar-refractivity contribution is -0.157. The first kappa shape index (κ1) is 28.8. The third-order valence-electron chi connectivity index (χ3n) is 7.82. The molecule has 2 aliphatic rings. The Morgan fingerprint density at radius 3 is 2.55 bits per heavy atom. The van der Waals surface area contributed by atoms with E-state index in [1.165, 1.54) is 19.3 Å². The van der Waals surface area contributed by atoms with E-state index in [9.17, 15) is 9.90 Å². The second-order valence-corrected chi connectivity index (χ2v) is 19.1. The summed E-state index contributed by atoms with van der Waals surface area (Å²) < 4.78 is 13.7. The van der Waals surface area contributed by atoms with Crippen LogP contribution < -0.4 is 4.74 Å². The third-order valence-corrected chi connectivity index (χ3v) is 10.8. The fraction of sp³-hybridized carbons (Fsp3) is 0.552. The molecule has 5 rings (SSSR count). The Hall–Kier alpha value is -2.76. The Morgan fingerprint density at radius 2 is 1.98 bits per heavy atom. The first-order valence-electron chi connectivity index (χ1n) is 14.1. The molecule has 0 atom stereocenters. The highest BCUT2D eigenvalue weighted by Gasteiger charge is 2.45. The zero-order valence-corrected chi connectivity index (χ0v) is 25.7. The van der Waals surface area contributed by atoms with Crippen molar-refractivity contribution in [1.82, 2.24) is 24.7 Å². The van der Waals surface area contributed by atoms with Crippen LogP contribution in [0.1, 0.15) is 44.1 Å². The molecule has 0 saturated heterocycles. The smallest absolute Gasteiger partial charge is 0.313 e. The van der Waals surface area contributed by atoms with Crippen LogP contribution in [-0.2, 0) is 16.3 Å². The summed E-state index contributed by atoms with van der Waals surface area (Å²) in [6, 6.07) is 6.91. The highest BCUT2D eigenvalue weighted by Crippen LogP contribution is 2.41. The van der Waals surface area contributed by atoms with E-state index in [1.54, 1.807) is 24.2 Å². The van der Waals surface area contributed by atoms with Gasteiger partial charge in [0.15, 0.2) is 11.0 Å². The molecule has 3 aromatic rings. The third kappa shape index (κ3) is 6.75. The number of hydrogen-bond donors (Lipinski definition) is 1. The number of nitrogens with zero attached hydrogens (tertiary/aromatic N) is 5. The van der Waals surface area contributed by atoms with E-state index >= 15 is 0 Å². The summed E-state index contributed by atoms with van der Waals surface area (Å²) in [4.78, 5) is 25.6. The molecule has 9 nitrogen and oxygen atoms in total. The average Bonchev–Trinajstić information content (AvgIpc) is 3.25. The highest BCUT2D eigenvalue weighted by molar-refractivity contribution is 7.99. The number of hydrogen-bond acceptors (Lipinski definition) is 8. The minimum atomic E-state index is -1.15. The van der Waals surface area contributed by atoms with Gasteiger partial charge in [-0.05, 0) is 56.3 Å². The van der Waals surface area contributed by atoms with E-state index in [0.29, 0.717) is 36.5 Å². The fourth-order valence-electron chi connectivity index (χ4n) is 4.59. The number of carboxylic acids is 1. The standard InChI is InChI=1S/C29H39N5O4SSi/c1-20-15-25(38-18-29(27(35)36)11-6-12-29)31-17-23(20)24-10-9-21(16-30-24)26-32-28(39-22-7-5-8-22)34(33-26)19-37-13-14-40(2,3)4/h9-10,15-17,22H,5-8,11-14,18-19H2,1-4H3,(H,35,36). The first-order chi connectivity index (χ1) is 19.1. The molecule has 3 aromatic heterocycles. The van der Waals surface area contributed by atoms with Crippen molar-refractivity contribution in [2.24, 2.45) is 5.41 Å². The van der Waals surface area contributed by atoms with Crippen LogP contribution in [0, 0.1) is 12.3 Å². The van der Waals surface area contributed by atoms with Crippen LogP contribution in [0.2, 0.25) is 25.7 Å². The molecule has 0 aromatic carbocycles. The normalized spacial score (nSPS) is 16.8. The number of thioether (sulfide) groups is 1. The van der Waals surface area contributed by atoms with Gasteiger partial charge in [0.1, 0.15) is 18.8 Å². The number of carboxylic acid groups (broad SMARTS) is 1. The molecule has 2 aliphatic carbocycles. The van der Waals surface area contributed by atoms with Crippen molar-refractivity contribution < 1.29 is 19.4 Å². The summed E-state index contributed by atoms with van der Waals surface area (Å²) in [5.74, 6) is 0.291. The van der Waals surface area contributed by atoms with Gasteiger partial charge >= 0.3 is 5.97 Å². The van der Waals surface area contributed by atoms with Crippen LogP contribution in [0.25, 0.3) is 22.6 Å². The molecule has 11 heteroatoms. The number of carbonyl (C=O) groups is 1. The zero-order valence-electron chi connectivity index (χ0n) is 23.9. The summed E-state index contributed by atoms with van der Waals surface area (Å²) in [6.45, 7) is 10.3.